The number of carbonyl (C=O) groups excluding carboxylic acids is 1. The van der Waals surface area contributed by atoms with Crippen molar-refractivity contribution in [3.63, 3.8) is 0 Å². The number of halogens is 3. The molecule has 28 heavy (non-hydrogen) atoms. The Morgan fingerprint density at radius 2 is 2.00 bits per heavy atom. The van der Waals surface area contributed by atoms with Crippen molar-refractivity contribution in [3.05, 3.63) is 53.6 Å². The van der Waals surface area contributed by atoms with E-state index in [4.69, 9.17) is 5.73 Å². The quantitative estimate of drug-likeness (QED) is 0.750. The molecule has 0 fully saturated rings. The van der Waals surface area contributed by atoms with Crippen LogP contribution in [0.4, 0.5) is 18.9 Å². The van der Waals surface area contributed by atoms with Gasteiger partial charge in [0, 0.05) is 36.4 Å². The first-order valence-electron chi connectivity index (χ1n) is 8.84. The molecule has 152 valence electrons. The minimum absolute atomic E-state index is 0.000962. The molecule has 0 aliphatic carbocycles. The summed E-state index contributed by atoms with van der Waals surface area (Å²) in [7, 11) is 0. The van der Waals surface area contributed by atoms with Crippen LogP contribution in [-0.4, -0.2) is 39.0 Å². The van der Waals surface area contributed by atoms with Gasteiger partial charge in [-0.3, -0.25) is 14.8 Å². The van der Waals surface area contributed by atoms with Gasteiger partial charge in [0.25, 0.3) is 0 Å². The molecule has 9 heteroatoms. The maximum Gasteiger partial charge on any atom is 0.433 e. The fourth-order valence-corrected chi connectivity index (χ4v) is 2.81. The molecular weight excluding hydrogens is 373 g/mol. The van der Waals surface area contributed by atoms with Crippen LogP contribution in [0.2, 0.25) is 0 Å². The molecule has 2 unspecified atom stereocenters. The Kier molecular flexibility index (Phi) is 6.95. The number of nitrogens with two attached hydrogens (primary N) is 1. The molecule has 0 spiro atoms. The molecular formula is C19H23F3N4O2. The number of carbonyl (C=O) groups is 1. The van der Waals surface area contributed by atoms with Gasteiger partial charge >= 0.3 is 6.18 Å². The molecule has 0 aliphatic rings. The molecule has 0 radical (unpaired) electrons. The van der Waals surface area contributed by atoms with Gasteiger partial charge in [-0.2, -0.15) is 13.2 Å². The second-order valence-electron chi connectivity index (χ2n) is 6.50. The molecule has 2 rings (SSSR count). The average molecular weight is 396 g/mol. The highest BCUT2D eigenvalue weighted by Crippen LogP contribution is 2.29. The number of pyridine rings is 2. The number of hydrogen-bond donors (Lipinski definition) is 2. The number of alkyl halides is 3. The molecule has 2 aromatic rings. The van der Waals surface area contributed by atoms with Gasteiger partial charge in [-0.05, 0) is 31.0 Å². The summed E-state index contributed by atoms with van der Waals surface area (Å²) in [5, 5.41) is 10.5. The number of nitrogen functional groups attached to an aromatic ring is 1. The second-order valence-corrected chi connectivity index (χ2v) is 6.50. The van der Waals surface area contributed by atoms with Gasteiger partial charge in [0.2, 0.25) is 5.91 Å². The largest absolute Gasteiger partial charge is 0.433 e. The van der Waals surface area contributed by atoms with Crippen LogP contribution in [0.3, 0.4) is 0 Å². The van der Waals surface area contributed by atoms with Crippen LogP contribution in [0.5, 0.6) is 0 Å². The summed E-state index contributed by atoms with van der Waals surface area (Å²) in [6.07, 6.45) is -0.905. The lowest BCUT2D eigenvalue weighted by atomic mass is 10.0. The lowest BCUT2D eigenvalue weighted by molar-refractivity contribution is -0.141. The van der Waals surface area contributed by atoms with E-state index in [2.05, 4.69) is 9.97 Å². The predicted molar refractivity (Wildman–Crippen MR) is 98.1 cm³/mol. The molecule has 3 N–H and O–H groups in total. The first kappa shape index (κ1) is 21.6. The normalized spacial score (nSPS) is 13.8. The molecule has 2 aromatic heterocycles. The number of anilines is 1. The van der Waals surface area contributed by atoms with Crippen LogP contribution in [0.25, 0.3) is 0 Å². The SMILES string of the molecule is CCCN(CC(O)c1cnccc1N)C(=O)C(C)c1ccc(C(F)(F)F)nc1. The molecule has 0 saturated heterocycles. The Bertz CT molecular complexity index is 797. The summed E-state index contributed by atoms with van der Waals surface area (Å²) < 4.78 is 38.0. The minimum atomic E-state index is -4.53. The van der Waals surface area contributed by atoms with E-state index in [0.29, 0.717) is 29.8 Å². The van der Waals surface area contributed by atoms with Crippen LogP contribution in [0.15, 0.2) is 36.8 Å². The number of hydrogen-bond acceptors (Lipinski definition) is 5. The van der Waals surface area contributed by atoms with Crippen molar-refractivity contribution in [2.75, 3.05) is 18.8 Å². The summed E-state index contributed by atoms with van der Waals surface area (Å²) in [5.74, 6) is -1.02. The van der Waals surface area contributed by atoms with Crippen LogP contribution in [-0.2, 0) is 11.0 Å². The van der Waals surface area contributed by atoms with Gasteiger partial charge in [0.05, 0.1) is 12.5 Å². The van der Waals surface area contributed by atoms with Crippen molar-refractivity contribution in [2.24, 2.45) is 0 Å². The number of amides is 1. The zero-order valence-corrected chi connectivity index (χ0v) is 15.6. The van der Waals surface area contributed by atoms with Crippen molar-refractivity contribution < 1.29 is 23.1 Å². The third kappa shape index (κ3) is 5.19. The first-order chi connectivity index (χ1) is 13.1. The van der Waals surface area contributed by atoms with Gasteiger partial charge in [0.1, 0.15) is 11.8 Å². The summed E-state index contributed by atoms with van der Waals surface area (Å²) in [6.45, 7) is 3.87. The summed E-state index contributed by atoms with van der Waals surface area (Å²) in [5.41, 5.74) is 5.99. The number of nitrogens with zero attached hydrogens (tertiary/aromatic N) is 3. The lowest BCUT2D eigenvalue weighted by Crippen LogP contribution is -2.38. The lowest BCUT2D eigenvalue weighted by Gasteiger charge is -2.28. The molecule has 0 aromatic carbocycles. The van der Waals surface area contributed by atoms with Gasteiger partial charge in [-0.1, -0.05) is 13.0 Å². The zero-order chi connectivity index (χ0) is 20.9. The molecule has 2 heterocycles. The minimum Gasteiger partial charge on any atom is -0.398 e. The molecule has 1 amide bonds. The van der Waals surface area contributed by atoms with E-state index in [9.17, 15) is 23.1 Å². The Hall–Kier alpha value is -2.68. The number of aliphatic hydroxyl groups is 1. The van der Waals surface area contributed by atoms with Crippen LogP contribution < -0.4 is 5.73 Å². The topological polar surface area (TPSA) is 92.3 Å². The van der Waals surface area contributed by atoms with Crippen molar-refractivity contribution >= 4 is 11.6 Å². The fraction of sp³-hybridized carbons (Fsp3) is 0.421. The number of aliphatic hydroxyl groups excluding tert-OH is 1. The monoisotopic (exact) mass is 396 g/mol. The highest BCUT2D eigenvalue weighted by atomic mass is 19.4. The Balaban J connectivity index is 2.16. The standard InChI is InChI=1S/C19H23F3N4O2/c1-3-8-26(11-16(27)14-10-24-7-6-15(14)23)18(28)12(2)13-4-5-17(25-9-13)19(20,21)22/h4-7,9-10,12,16,27H,3,8,11H2,1-2H3,(H2,23,24). The third-order valence-corrected chi connectivity index (χ3v) is 4.39. The van der Waals surface area contributed by atoms with Crippen molar-refractivity contribution in [2.45, 2.75) is 38.5 Å². The van der Waals surface area contributed by atoms with E-state index in [-0.39, 0.29) is 12.5 Å². The van der Waals surface area contributed by atoms with E-state index in [0.717, 1.165) is 12.3 Å². The molecule has 0 saturated carbocycles. The van der Waals surface area contributed by atoms with Gasteiger partial charge < -0.3 is 15.7 Å². The van der Waals surface area contributed by atoms with E-state index in [1.54, 1.807) is 13.0 Å². The highest BCUT2D eigenvalue weighted by Gasteiger charge is 2.33. The second kappa shape index (κ2) is 9.01. The highest BCUT2D eigenvalue weighted by molar-refractivity contribution is 5.83. The van der Waals surface area contributed by atoms with Crippen LogP contribution in [0, 0.1) is 0 Å². The van der Waals surface area contributed by atoms with Crippen LogP contribution >= 0.6 is 0 Å². The Morgan fingerprint density at radius 3 is 2.54 bits per heavy atom. The summed E-state index contributed by atoms with van der Waals surface area (Å²) in [6, 6.07) is 3.66. The van der Waals surface area contributed by atoms with E-state index in [1.807, 2.05) is 6.92 Å². The summed E-state index contributed by atoms with van der Waals surface area (Å²) >= 11 is 0. The van der Waals surface area contributed by atoms with E-state index < -0.39 is 23.9 Å². The van der Waals surface area contributed by atoms with E-state index >= 15 is 0 Å². The average Bonchev–Trinajstić information content (AvgIpc) is 2.66. The number of aromatic nitrogens is 2. The third-order valence-electron chi connectivity index (χ3n) is 4.39. The molecule has 6 nitrogen and oxygen atoms in total. The maximum absolute atomic E-state index is 12.9. The van der Waals surface area contributed by atoms with Crippen molar-refractivity contribution in [1.82, 2.24) is 14.9 Å². The Labute approximate surface area is 161 Å². The van der Waals surface area contributed by atoms with Gasteiger partial charge in [-0.15, -0.1) is 0 Å². The first-order valence-corrected chi connectivity index (χ1v) is 8.84. The fourth-order valence-electron chi connectivity index (χ4n) is 2.81. The van der Waals surface area contributed by atoms with E-state index in [1.165, 1.54) is 23.4 Å². The van der Waals surface area contributed by atoms with Gasteiger partial charge in [-0.25, -0.2) is 0 Å². The van der Waals surface area contributed by atoms with Crippen molar-refractivity contribution in [1.29, 1.82) is 0 Å². The molecule has 2 atom stereocenters. The predicted octanol–water partition coefficient (Wildman–Crippen LogP) is 3.15. The van der Waals surface area contributed by atoms with Crippen molar-refractivity contribution in [3.8, 4) is 0 Å². The maximum atomic E-state index is 12.9. The molecule has 0 bridgehead atoms. The van der Waals surface area contributed by atoms with Gasteiger partial charge in [0.15, 0.2) is 0 Å². The molecule has 0 aliphatic heterocycles. The smallest absolute Gasteiger partial charge is 0.398 e. The summed E-state index contributed by atoms with van der Waals surface area (Å²) in [4.78, 5) is 21.7. The Morgan fingerprint density at radius 1 is 1.29 bits per heavy atom. The van der Waals surface area contributed by atoms with Crippen LogP contribution in [0.1, 0.15) is 49.1 Å². The zero-order valence-electron chi connectivity index (χ0n) is 15.6. The number of rotatable bonds is 7.